The van der Waals surface area contributed by atoms with Crippen molar-refractivity contribution in [2.45, 2.75) is 80.6 Å². The van der Waals surface area contributed by atoms with Crippen molar-refractivity contribution in [3.63, 3.8) is 0 Å². The zero-order chi connectivity index (χ0) is 13.1. The smallest absolute Gasteiger partial charge is 0.158 e. The second-order valence-corrected chi connectivity index (χ2v) is 8.65. The maximum Gasteiger partial charge on any atom is 0.158 e. The van der Waals surface area contributed by atoms with Crippen molar-refractivity contribution in [2.24, 2.45) is 0 Å². The van der Waals surface area contributed by atoms with Gasteiger partial charge in [-0.2, -0.15) is 0 Å². The van der Waals surface area contributed by atoms with Crippen LogP contribution in [0.5, 0.6) is 0 Å². The van der Waals surface area contributed by atoms with Crippen molar-refractivity contribution < 1.29 is 8.42 Å². The lowest BCUT2D eigenvalue weighted by molar-refractivity contribution is 0.406. The van der Waals surface area contributed by atoms with E-state index in [-0.39, 0.29) is 10.00 Å². The van der Waals surface area contributed by atoms with E-state index in [1.165, 1.54) is 0 Å². The topological polar surface area (TPSA) is 34.1 Å². The lowest BCUT2D eigenvalue weighted by atomic mass is 9.87. The maximum absolute atomic E-state index is 12.6. The summed E-state index contributed by atoms with van der Waals surface area (Å²) in [6.45, 7) is 3.72. The van der Waals surface area contributed by atoms with E-state index in [1.807, 2.05) is 6.08 Å². The van der Waals surface area contributed by atoms with E-state index in [9.17, 15) is 8.42 Å². The van der Waals surface area contributed by atoms with Crippen LogP contribution in [-0.4, -0.2) is 18.4 Å². The van der Waals surface area contributed by atoms with Gasteiger partial charge in [0, 0.05) is 0 Å². The normalized spacial score (nSPS) is 34.1. The van der Waals surface area contributed by atoms with Gasteiger partial charge in [-0.1, -0.05) is 31.8 Å². The first kappa shape index (κ1) is 14.1. The van der Waals surface area contributed by atoms with Gasteiger partial charge in [0.25, 0.3) is 0 Å². The molecule has 0 aromatic heterocycles. The van der Waals surface area contributed by atoms with Crippen molar-refractivity contribution in [2.75, 3.05) is 0 Å². The summed E-state index contributed by atoms with van der Waals surface area (Å²) in [6.07, 6.45) is 13.2. The minimum absolute atomic E-state index is 0.00632. The van der Waals surface area contributed by atoms with E-state index < -0.39 is 9.84 Å². The Balaban J connectivity index is 1.97. The van der Waals surface area contributed by atoms with Gasteiger partial charge in [0.2, 0.25) is 0 Å². The quantitative estimate of drug-likeness (QED) is 0.540. The van der Waals surface area contributed by atoms with Crippen molar-refractivity contribution in [3.8, 4) is 0 Å². The molecule has 2 atom stereocenters. The molecule has 0 aromatic rings. The molecule has 2 aliphatic heterocycles. The Morgan fingerprint density at radius 1 is 1.11 bits per heavy atom. The van der Waals surface area contributed by atoms with Crippen LogP contribution in [0.15, 0.2) is 12.7 Å². The fourth-order valence-electron chi connectivity index (χ4n) is 3.77. The van der Waals surface area contributed by atoms with Gasteiger partial charge >= 0.3 is 0 Å². The zero-order valence-corrected chi connectivity index (χ0v) is 12.2. The Kier molecular flexibility index (Phi) is 4.52. The first-order valence-corrected chi connectivity index (χ1v) is 9.01. The minimum Gasteiger partial charge on any atom is -0.228 e. The van der Waals surface area contributed by atoms with Crippen LogP contribution in [-0.2, 0) is 9.84 Å². The number of fused-ring (bicyclic) bond motifs is 2. The summed E-state index contributed by atoms with van der Waals surface area (Å²) in [5.74, 6) is 0. The van der Waals surface area contributed by atoms with E-state index in [1.54, 1.807) is 0 Å². The molecule has 0 aliphatic carbocycles. The first-order chi connectivity index (χ1) is 8.62. The van der Waals surface area contributed by atoms with E-state index >= 15 is 0 Å². The molecule has 18 heavy (non-hydrogen) atoms. The predicted octanol–water partition coefficient (Wildman–Crippen LogP) is 4.01. The predicted molar refractivity (Wildman–Crippen MR) is 76.4 cm³/mol. The fraction of sp³-hybridized carbons (Fsp3) is 0.867. The van der Waals surface area contributed by atoms with Crippen LogP contribution in [0.1, 0.15) is 70.6 Å². The third-order valence-electron chi connectivity index (χ3n) is 4.91. The van der Waals surface area contributed by atoms with Crippen molar-refractivity contribution in [1.29, 1.82) is 0 Å². The van der Waals surface area contributed by atoms with Gasteiger partial charge in [-0.15, -0.1) is 6.58 Å². The molecule has 2 unspecified atom stereocenters. The molecule has 104 valence electrons. The van der Waals surface area contributed by atoms with Gasteiger partial charge in [-0.25, -0.2) is 8.42 Å². The highest BCUT2D eigenvalue weighted by Gasteiger charge is 2.53. The SMILES string of the molecule is C=CCCCCCC12CCCCC(CC1)S2(=O)=O. The second kappa shape index (κ2) is 5.77. The molecule has 0 radical (unpaired) electrons. The van der Waals surface area contributed by atoms with Crippen LogP contribution in [0.2, 0.25) is 0 Å². The summed E-state index contributed by atoms with van der Waals surface area (Å²) in [4.78, 5) is 0. The molecule has 2 nitrogen and oxygen atoms in total. The Hall–Kier alpha value is -0.310. The lowest BCUT2D eigenvalue weighted by Gasteiger charge is -2.27. The fourth-order valence-corrected chi connectivity index (χ4v) is 6.64. The number of allylic oxidation sites excluding steroid dienone is 1. The average molecular weight is 270 g/mol. The van der Waals surface area contributed by atoms with Gasteiger partial charge < -0.3 is 0 Å². The van der Waals surface area contributed by atoms with Crippen LogP contribution in [0, 0.1) is 0 Å². The first-order valence-electron chi connectivity index (χ1n) is 7.47. The Labute approximate surface area is 112 Å². The van der Waals surface area contributed by atoms with Crippen LogP contribution >= 0.6 is 0 Å². The van der Waals surface area contributed by atoms with Gasteiger partial charge in [0.1, 0.15) is 0 Å². The van der Waals surface area contributed by atoms with Crippen LogP contribution < -0.4 is 0 Å². The van der Waals surface area contributed by atoms with Crippen LogP contribution in [0.25, 0.3) is 0 Å². The molecule has 2 aliphatic rings. The van der Waals surface area contributed by atoms with Crippen molar-refractivity contribution in [3.05, 3.63) is 12.7 Å². The molecule has 0 amide bonds. The second-order valence-electron chi connectivity index (χ2n) is 6.02. The van der Waals surface area contributed by atoms with Gasteiger partial charge in [-0.3, -0.25) is 0 Å². The van der Waals surface area contributed by atoms with E-state index in [4.69, 9.17) is 0 Å². The van der Waals surface area contributed by atoms with Gasteiger partial charge in [0.15, 0.2) is 9.84 Å². The average Bonchev–Trinajstić information content (AvgIpc) is 2.46. The Bertz CT molecular complexity index is 385. The molecule has 3 heteroatoms. The zero-order valence-electron chi connectivity index (χ0n) is 11.4. The molecular formula is C15H26O2S. The molecule has 0 aromatic carbocycles. The maximum atomic E-state index is 12.6. The highest BCUT2D eigenvalue weighted by molar-refractivity contribution is 7.93. The number of sulfone groups is 1. The largest absolute Gasteiger partial charge is 0.228 e. The standard InChI is InChI=1S/C15H26O2S/c1-2-3-4-5-7-11-15-12-8-6-9-14(10-13-15)18(15,16)17/h2,14H,1,3-13H2. The summed E-state index contributed by atoms with van der Waals surface area (Å²) in [5, 5.41) is -0.00632. The monoisotopic (exact) mass is 270 g/mol. The summed E-state index contributed by atoms with van der Waals surface area (Å²) >= 11 is 0. The Morgan fingerprint density at radius 3 is 2.72 bits per heavy atom. The molecule has 0 spiro atoms. The molecular weight excluding hydrogens is 244 g/mol. The lowest BCUT2D eigenvalue weighted by Crippen LogP contribution is -2.36. The summed E-state index contributed by atoms with van der Waals surface area (Å²) in [7, 11) is -2.84. The molecule has 2 heterocycles. The highest BCUT2D eigenvalue weighted by Crippen LogP contribution is 2.48. The van der Waals surface area contributed by atoms with Crippen molar-refractivity contribution in [1.82, 2.24) is 0 Å². The number of unbranched alkanes of at least 4 members (excludes halogenated alkanes) is 3. The molecule has 2 saturated heterocycles. The third kappa shape index (κ3) is 2.52. The van der Waals surface area contributed by atoms with E-state index in [0.29, 0.717) is 0 Å². The van der Waals surface area contributed by atoms with Crippen LogP contribution in [0.3, 0.4) is 0 Å². The van der Waals surface area contributed by atoms with Gasteiger partial charge in [-0.05, 0) is 44.9 Å². The number of hydrogen-bond acceptors (Lipinski definition) is 2. The summed E-state index contributed by atoms with van der Waals surface area (Å²) in [6, 6.07) is 0. The van der Waals surface area contributed by atoms with Crippen LogP contribution in [0.4, 0.5) is 0 Å². The molecule has 2 rings (SSSR count). The summed E-state index contributed by atoms with van der Waals surface area (Å²) < 4.78 is 24.9. The van der Waals surface area contributed by atoms with E-state index in [0.717, 1.165) is 70.6 Å². The minimum atomic E-state index is -2.84. The van der Waals surface area contributed by atoms with Crippen molar-refractivity contribution >= 4 is 9.84 Å². The van der Waals surface area contributed by atoms with E-state index in [2.05, 4.69) is 6.58 Å². The highest BCUT2D eigenvalue weighted by atomic mass is 32.2. The molecule has 2 fully saturated rings. The molecule has 2 bridgehead atoms. The number of hydrogen-bond donors (Lipinski definition) is 0. The Morgan fingerprint density at radius 2 is 1.94 bits per heavy atom. The number of rotatable bonds is 6. The van der Waals surface area contributed by atoms with Gasteiger partial charge in [0.05, 0.1) is 10.00 Å². The molecule has 0 saturated carbocycles. The third-order valence-corrected chi connectivity index (χ3v) is 8.08. The molecule has 0 N–H and O–H groups in total. The summed E-state index contributed by atoms with van der Waals surface area (Å²) in [5.41, 5.74) is 0.